The van der Waals surface area contributed by atoms with Crippen LogP contribution in [0.25, 0.3) is 0 Å². The lowest BCUT2D eigenvalue weighted by molar-refractivity contribution is 0.126. The number of nitrogens with two attached hydrogens (primary N) is 1. The molecule has 0 amide bonds. The third kappa shape index (κ3) is 5.07. The lowest BCUT2D eigenvalue weighted by Crippen LogP contribution is -2.48. The van der Waals surface area contributed by atoms with Crippen LogP contribution in [0.3, 0.4) is 0 Å². The predicted molar refractivity (Wildman–Crippen MR) is 83.8 cm³/mol. The molecule has 0 unspecified atom stereocenters. The summed E-state index contributed by atoms with van der Waals surface area (Å²) in [6.07, 6.45) is 2.76. The van der Waals surface area contributed by atoms with Crippen LogP contribution in [0.2, 0.25) is 0 Å². The van der Waals surface area contributed by atoms with Gasteiger partial charge in [0.1, 0.15) is 0 Å². The normalized spacial score (nSPS) is 17.8. The number of rotatable bonds is 6. The number of nitrogens with zero attached hydrogens (tertiary/aromatic N) is 4. The zero-order chi connectivity index (χ0) is 14.4. The summed E-state index contributed by atoms with van der Waals surface area (Å²) in [6.45, 7) is 8.13. The molecule has 0 atom stereocenters. The molecule has 0 saturated carbocycles. The smallest absolute Gasteiger partial charge is 0.0501 e. The van der Waals surface area contributed by atoms with Crippen molar-refractivity contribution in [2.24, 2.45) is 0 Å². The molecule has 2 rings (SSSR count). The molecule has 1 aromatic rings. The maximum Gasteiger partial charge on any atom is 0.0501 e. The lowest BCUT2D eigenvalue weighted by Gasteiger charge is -2.35. The fourth-order valence-electron chi connectivity index (χ4n) is 2.43. The van der Waals surface area contributed by atoms with Gasteiger partial charge < -0.3 is 15.5 Å². The minimum atomic E-state index is 0.739. The molecule has 5 heteroatoms. The number of anilines is 1. The quantitative estimate of drug-likeness (QED) is 0.815. The van der Waals surface area contributed by atoms with E-state index >= 15 is 0 Å². The molecule has 2 N–H and O–H groups in total. The largest absolute Gasteiger partial charge is 0.397 e. The van der Waals surface area contributed by atoms with Gasteiger partial charge in [-0.1, -0.05) is 0 Å². The third-order valence-corrected chi connectivity index (χ3v) is 3.86. The minimum Gasteiger partial charge on any atom is -0.397 e. The summed E-state index contributed by atoms with van der Waals surface area (Å²) < 4.78 is 0. The number of nitrogen functional groups attached to an aromatic ring is 1. The number of pyridine rings is 1. The van der Waals surface area contributed by atoms with Crippen LogP contribution in [0.15, 0.2) is 18.3 Å². The Morgan fingerprint density at radius 2 is 1.75 bits per heavy atom. The number of hydrogen-bond donors (Lipinski definition) is 1. The molecule has 2 heterocycles. The second kappa shape index (κ2) is 7.57. The van der Waals surface area contributed by atoms with Gasteiger partial charge in [0.25, 0.3) is 0 Å². The highest BCUT2D eigenvalue weighted by molar-refractivity contribution is 5.34. The lowest BCUT2D eigenvalue weighted by atomic mass is 10.2. The first-order chi connectivity index (χ1) is 9.63. The summed E-state index contributed by atoms with van der Waals surface area (Å²) in [7, 11) is 4.27. The first-order valence-corrected chi connectivity index (χ1v) is 7.43. The molecule has 5 nitrogen and oxygen atoms in total. The Morgan fingerprint density at radius 3 is 2.30 bits per heavy atom. The first kappa shape index (κ1) is 15.2. The highest BCUT2D eigenvalue weighted by atomic mass is 15.3. The molecule has 0 aromatic carbocycles. The molecular formula is C15H27N5. The molecule has 0 radical (unpaired) electrons. The van der Waals surface area contributed by atoms with E-state index in [2.05, 4.69) is 33.8 Å². The Labute approximate surface area is 122 Å². The molecule has 1 aromatic heterocycles. The Morgan fingerprint density at radius 1 is 1.10 bits per heavy atom. The van der Waals surface area contributed by atoms with Gasteiger partial charge in [-0.2, -0.15) is 0 Å². The van der Waals surface area contributed by atoms with Gasteiger partial charge in [0.05, 0.1) is 11.9 Å². The average molecular weight is 277 g/mol. The van der Waals surface area contributed by atoms with Gasteiger partial charge in [0, 0.05) is 57.9 Å². The van der Waals surface area contributed by atoms with Crippen LogP contribution in [0.5, 0.6) is 0 Å². The van der Waals surface area contributed by atoms with Crippen molar-refractivity contribution in [1.82, 2.24) is 19.7 Å². The molecule has 1 aliphatic heterocycles. The SMILES string of the molecule is CN(C)CCN1CCN(CCc2ccc(N)cn2)CC1. The van der Waals surface area contributed by atoms with E-state index in [1.54, 1.807) is 6.20 Å². The van der Waals surface area contributed by atoms with E-state index in [0.717, 1.165) is 30.9 Å². The van der Waals surface area contributed by atoms with Crippen LogP contribution in [0.1, 0.15) is 5.69 Å². The molecule has 1 aliphatic rings. The molecule has 1 saturated heterocycles. The summed E-state index contributed by atoms with van der Waals surface area (Å²) >= 11 is 0. The zero-order valence-corrected chi connectivity index (χ0v) is 12.8. The van der Waals surface area contributed by atoms with Crippen LogP contribution in [-0.2, 0) is 6.42 Å². The Balaban J connectivity index is 1.65. The maximum absolute atomic E-state index is 5.65. The van der Waals surface area contributed by atoms with Gasteiger partial charge in [-0.3, -0.25) is 9.88 Å². The zero-order valence-electron chi connectivity index (χ0n) is 12.8. The standard InChI is InChI=1S/C15H27N5/c1-18(2)7-8-20-11-9-19(10-12-20)6-5-15-4-3-14(16)13-17-15/h3-4,13H,5-12,16H2,1-2H3. The molecule has 20 heavy (non-hydrogen) atoms. The van der Waals surface area contributed by atoms with Gasteiger partial charge in [-0.05, 0) is 26.2 Å². The van der Waals surface area contributed by atoms with Crippen molar-refractivity contribution < 1.29 is 0 Å². The molecular weight excluding hydrogens is 250 g/mol. The second-order valence-electron chi connectivity index (χ2n) is 5.82. The van der Waals surface area contributed by atoms with Crippen molar-refractivity contribution >= 4 is 5.69 Å². The highest BCUT2D eigenvalue weighted by Crippen LogP contribution is 2.05. The number of piperazine rings is 1. The van der Waals surface area contributed by atoms with Crippen LogP contribution in [0.4, 0.5) is 5.69 Å². The van der Waals surface area contributed by atoms with Crippen molar-refractivity contribution in [3.63, 3.8) is 0 Å². The Hall–Kier alpha value is -1.17. The molecule has 0 spiro atoms. The van der Waals surface area contributed by atoms with E-state index in [1.165, 1.54) is 32.7 Å². The summed E-state index contributed by atoms with van der Waals surface area (Å²) in [6, 6.07) is 3.96. The summed E-state index contributed by atoms with van der Waals surface area (Å²) in [4.78, 5) is 11.7. The van der Waals surface area contributed by atoms with E-state index in [-0.39, 0.29) is 0 Å². The third-order valence-electron chi connectivity index (χ3n) is 3.86. The van der Waals surface area contributed by atoms with E-state index in [0.29, 0.717) is 0 Å². The predicted octanol–water partition coefficient (Wildman–Crippen LogP) is 0.386. The molecule has 112 valence electrons. The summed E-state index contributed by atoms with van der Waals surface area (Å²) in [5.41, 5.74) is 7.52. The van der Waals surface area contributed by atoms with Gasteiger partial charge in [0.15, 0.2) is 0 Å². The Kier molecular flexibility index (Phi) is 5.76. The minimum absolute atomic E-state index is 0.739. The second-order valence-corrected chi connectivity index (χ2v) is 5.82. The van der Waals surface area contributed by atoms with Gasteiger partial charge in [0.2, 0.25) is 0 Å². The number of aromatic nitrogens is 1. The fraction of sp³-hybridized carbons (Fsp3) is 0.667. The molecule has 1 fully saturated rings. The maximum atomic E-state index is 5.65. The van der Waals surface area contributed by atoms with Crippen LogP contribution in [0, 0.1) is 0 Å². The topological polar surface area (TPSA) is 48.6 Å². The van der Waals surface area contributed by atoms with Crippen molar-refractivity contribution in [3.8, 4) is 0 Å². The average Bonchev–Trinajstić information content (AvgIpc) is 2.45. The van der Waals surface area contributed by atoms with Gasteiger partial charge >= 0.3 is 0 Å². The van der Waals surface area contributed by atoms with Crippen molar-refractivity contribution in [1.29, 1.82) is 0 Å². The van der Waals surface area contributed by atoms with Crippen LogP contribution in [-0.4, -0.2) is 79.6 Å². The molecule has 0 aliphatic carbocycles. The van der Waals surface area contributed by atoms with E-state index in [9.17, 15) is 0 Å². The first-order valence-electron chi connectivity index (χ1n) is 7.43. The monoisotopic (exact) mass is 277 g/mol. The van der Waals surface area contributed by atoms with Crippen molar-refractivity contribution in [2.75, 3.05) is 65.6 Å². The van der Waals surface area contributed by atoms with E-state index in [1.807, 2.05) is 12.1 Å². The summed E-state index contributed by atoms with van der Waals surface area (Å²) in [5.74, 6) is 0. The number of likely N-dealkylation sites (N-methyl/N-ethyl adjacent to an activating group) is 1. The van der Waals surface area contributed by atoms with Crippen molar-refractivity contribution in [2.45, 2.75) is 6.42 Å². The van der Waals surface area contributed by atoms with Gasteiger partial charge in [-0.25, -0.2) is 0 Å². The fourth-order valence-corrected chi connectivity index (χ4v) is 2.43. The highest BCUT2D eigenvalue weighted by Gasteiger charge is 2.16. The van der Waals surface area contributed by atoms with E-state index < -0.39 is 0 Å². The molecule has 0 bridgehead atoms. The van der Waals surface area contributed by atoms with E-state index in [4.69, 9.17) is 5.73 Å². The van der Waals surface area contributed by atoms with Crippen LogP contribution >= 0.6 is 0 Å². The van der Waals surface area contributed by atoms with Crippen LogP contribution < -0.4 is 5.73 Å². The number of hydrogen-bond acceptors (Lipinski definition) is 5. The van der Waals surface area contributed by atoms with Gasteiger partial charge in [-0.15, -0.1) is 0 Å². The van der Waals surface area contributed by atoms with Crippen molar-refractivity contribution in [3.05, 3.63) is 24.0 Å². The summed E-state index contributed by atoms with van der Waals surface area (Å²) in [5, 5.41) is 0. The Bertz CT molecular complexity index is 382.